The molecule has 3 rings (SSSR count). The predicted molar refractivity (Wildman–Crippen MR) is 114 cm³/mol. The van der Waals surface area contributed by atoms with Crippen LogP contribution in [0.15, 0.2) is 60.7 Å². The Morgan fingerprint density at radius 3 is 2.00 bits per heavy atom. The van der Waals surface area contributed by atoms with Crippen molar-refractivity contribution in [3.63, 3.8) is 0 Å². The molecule has 0 amide bonds. The molecule has 28 heavy (non-hydrogen) atoms. The van der Waals surface area contributed by atoms with Gasteiger partial charge in [-0.05, 0) is 43.7 Å². The Labute approximate surface area is 169 Å². The van der Waals surface area contributed by atoms with E-state index in [1.165, 1.54) is 11.1 Å². The molecule has 0 saturated heterocycles. The van der Waals surface area contributed by atoms with Gasteiger partial charge >= 0.3 is 5.97 Å². The van der Waals surface area contributed by atoms with Crippen LogP contribution >= 0.6 is 0 Å². The Bertz CT molecular complexity index is 704. The van der Waals surface area contributed by atoms with Crippen molar-refractivity contribution in [3.05, 3.63) is 71.8 Å². The first kappa shape index (κ1) is 20.6. The van der Waals surface area contributed by atoms with Crippen LogP contribution in [0.3, 0.4) is 0 Å². The largest absolute Gasteiger partial charge is 0.466 e. The SMILES string of the molecule is CCOC(=O)C1(C)CC(N(Cc2ccccc2)Cc2ccccc2)CC1CC. The maximum Gasteiger partial charge on any atom is 0.312 e. The summed E-state index contributed by atoms with van der Waals surface area (Å²) in [7, 11) is 0. The van der Waals surface area contributed by atoms with Crippen LogP contribution in [0.5, 0.6) is 0 Å². The second kappa shape index (κ2) is 9.38. The fourth-order valence-electron chi connectivity index (χ4n) is 4.72. The molecule has 2 aromatic carbocycles. The molecule has 2 aromatic rings. The van der Waals surface area contributed by atoms with Crippen LogP contribution in [-0.2, 0) is 22.6 Å². The minimum atomic E-state index is -0.388. The lowest BCUT2D eigenvalue weighted by Gasteiger charge is -2.31. The van der Waals surface area contributed by atoms with Gasteiger partial charge in [-0.25, -0.2) is 0 Å². The summed E-state index contributed by atoms with van der Waals surface area (Å²) in [5, 5.41) is 0. The third kappa shape index (κ3) is 4.64. The molecule has 1 saturated carbocycles. The van der Waals surface area contributed by atoms with E-state index < -0.39 is 0 Å². The van der Waals surface area contributed by atoms with Crippen molar-refractivity contribution in [2.24, 2.45) is 11.3 Å². The van der Waals surface area contributed by atoms with Gasteiger partial charge in [0.1, 0.15) is 0 Å². The molecular weight excluding hydrogens is 346 g/mol. The van der Waals surface area contributed by atoms with Crippen molar-refractivity contribution in [1.29, 1.82) is 0 Å². The van der Waals surface area contributed by atoms with Crippen molar-refractivity contribution < 1.29 is 9.53 Å². The molecule has 3 unspecified atom stereocenters. The van der Waals surface area contributed by atoms with E-state index in [0.29, 0.717) is 18.6 Å². The molecule has 1 fully saturated rings. The molecule has 3 atom stereocenters. The van der Waals surface area contributed by atoms with E-state index in [1.807, 2.05) is 6.92 Å². The summed E-state index contributed by atoms with van der Waals surface area (Å²) < 4.78 is 5.47. The highest BCUT2D eigenvalue weighted by molar-refractivity contribution is 5.77. The number of esters is 1. The molecule has 0 bridgehead atoms. The maximum atomic E-state index is 12.8. The summed E-state index contributed by atoms with van der Waals surface area (Å²) in [5.74, 6) is 0.342. The number of carbonyl (C=O) groups excluding carboxylic acids is 1. The summed E-state index contributed by atoms with van der Waals surface area (Å²) in [6.07, 6.45) is 2.92. The number of nitrogens with zero attached hydrogens (tertiary/aromatic N) is 1. The van der Waals surface area contributed by atoms with E-state index in [9.17, 15) is 4.79 Å². The molecule has 0 aromatic heterocycles. The van der Waals surface area contributed by atoms with E-state index >= 15 is 0 Å². The molecule has 0 N–H and O–H groups in total. The van der Waals surface area contributed by atoms with Gasteiger partial charge < -0.3 is 4.74 Å². The predicted octanol–water partition coefficient (Wildman–Crippen LogP) is 5.45. The van der Waals surface area contributed by atoms with Gasteiger partial charge in [0, 0.05) is 19.1 Å². The minimum absolute atomic E-state index is 0.0243. The molecule has 0 aliphatic heterocycles. The van der Waals surface area contributed by atoms with Crippen LogP contribution in [0.25, 0.3) is 0 Å². The Kier molecular flexibility index (Phi) is 6.90. The quantitative estimate of drug-likeness (QED) is 0.572. The second-order valence-electron chi connectivity index (χ2n) is 8.21. The molecule has 3 heteroatoms. The normalized spacial score (nSPS) is 24.4. The lowest BCUT2D eigenvalue weighted by atomic mass is 9.78. The van der Waals surface area contributed by atoms with Crippen molar-refractivity contribution in [2.75, 3.05) is 6.61 Å². The third-order valence-electron chi connectivity index (χ3n) is 6.33. The Morgan fingerprint density at radius 2 is 1.54 bits per heavy atom. The summed E-state index contributed by atoms with van der Waals surface area (Å²) in [6.45, 7) is 8.45. The van der Waals surface area contributed by atoms with Crippen molar-refractivity contribution in [2.45, 2.75) is 59.2 Å². The molecule has 0 spiro atoms. The van der Waals surface area contributed by atoms with E-state index in [4.69, 9.17) is 4.74 Å². The topological polar surface area (TPSA) is 29.5 Å². The van der Waals surface area contributed by atoms with Gasteiger partial charge in [-0.3, -0.25) is 9.69 Å². The van der Waals surface area contributed by atoms with E-state index in [2.05, 4.69) is 79.4 Å². The second-order valence-corrected chi connectivity index (χ2v) is 8.21. The van der Waals surface area contributed by atoms with Crippen LogP contribution in [0.2, 0.25) is 0 Å². The molecule has 1 aliphatic rings. The number of carbonyl (C=O) groups is 1. The summed E-state index contributed by atoms with van der Waals surface area (Å²) in [6, 6.07) is 21.7. The van der Waals surface area contributed by atoms with Crippen LogP contribution < -0.4 is 0 Å². The highest BCUT2D eigenvalue weighted by Gasteiger charge is 2.50. The smallest absolute Gasteiger partial charge is 0.312 e. The average Bonchev–Trinajstić information content (AvgIpc) is 3.07. The molecule has 1 aliphatic carbocycles. The zero-order chi connectivity index (χ0) is 20.0. The number of rotatable bonds is 8. The van der Waals surface area contributed by atoms with Crippen LogP contribution in [-0.4, -0.2) is 23.5 Å². The van der Waals surface area contributed by atoms with Gasteiger partial charge in [0.15, 0.2) is 0 Å². The molecular formula is C25H33NO2. The molecule has 0 radical (unpaired) electrons. The Hall–Kier alpha value is -2.13. The zero-order valence-corrected chi connectivity index (χ0v) is 17.4. The van der Waals surface area contributed by atoms with E-state index in [-0.39, 0.29) is 11.4 Å². The van der Waals surface area contributed by atoms with Crippen LogP contribution in [0.4, 0.5) is 0 Å². The first-order chi connectivity index (χ1) is 13.6. The third-order valence-corrected chi connectivity index (χ3v) is 6.33. The zero-order valence-electron chi connectivity index (χ0n) is 17.4. The fourth-order valence-corrected chi connectivity index (χ4v) is 4.72. The van der Waals surface area contributed by atoms with Crippen LogP contribution in [0.1, 0.15) is 51.2 Å². The number of hydrogen-bond acceptors (Lipinski definition) is 3. The lowest BCUT2D eigenvalue weighted by molar-refractivity contribution is -0.156. The average molecular weight is 380 g/mol. The maximum absolute atomic E-state index is 12.8. The van der Waals surface area contributed by atoms with Crippen molar-refractivity contribution in [3.8, 4) is 0 Å². The van der Waals surface area contributed by atoms with Gasteiger partial charge in [0.05, 0.1) is 12.0 Å². The monoisotopic (exact) mass is 379 g/mol. The van der Waals surface area contributed by atoms with Gasteiger partial charge in [-0.1, -0.05) is 74.0 Å². The first-order valence-electron chi connectivity index (χ1n) is 10.6. The molecule has 150 valence electrons. The summed E-state index contributed by atoms with van der Waals surface area (Å²) in [5.41, 5.74) is 2.24. The minimum Gasteiger partial charge on any atom is -0.466 e. The van der Waals surface area contributed by atoms with Crippen molar-refractivity contribution in [1.82, 2.24) is 4.90 Å². The Balaban J connectivity index is 1.83. The number of ether oxygens (including phenoxy) is 1. The molecule has 0 heterocycles. The fraction of sp³-hybridized carbons (Fsp3) is 0.480. The number of benzene rings is 2. The van der Waals surface area contributed by atoms with Gasteiger partial charge in [0.2, 0.25) is 0 Å². The van der Waals surface area contributed by atoms with E-state index in [0.717, 1.165) is 32.4 Å². The van der Waals surface area contributed by atoms with Gasteiger partial charge in [-0.2, -0.15) is 0 Å². The van der Waals surface area contributed by atoms with Crippen LogP contribution in [0, 0.1) is 11.3 Å². The standard InChI is InChI=1S/C25H33NO2/c1-4-22-16-23(17-25(22,3)24(27)28-5-2)26(18-20-12-8-6-9-13-20)19-21-14-10-7-11-15-21/h6-15,22-23H,4-5,16-19H2,1-3H3. The Morgan fingerprint density at radius 1 is 1.00 bits per heavy atom. The summed E-state index contributed by atoms with van der Waals surface area (Å²) in [4.78, 5) is 15.3. The highest BCUT2D eigenvalue weighted by Crippen LogP contribution is 2.48. The molecule has 3 nitrogen and oxygen atoms in total. The van der Waals surface area contributed by atoms with Gasteiger partial charge in [0.25, 0.3) is 0 Å². The van der Waals surface area contributed by atoms with E-state index in [1.54, 1.807) is 0 Å². The first-order valence-corrected chi connectivity index (χ1v) is 10.6. The van der Waals surface area contributed by atoms with Crippen molar-refractivity contribution >= 4 is 5.97 Å². The summed E-state index contributed by atoms with van der Waals surface area (Å²) >= 11 is 0. The number of hydrogen-bond donors (Lipinski definition) is 0. The highest BCUT2D eigenvalue weighted by atomic mass is 16.5. The van der Waals surface area contributed by atoms with Gasteiger partial charge in [-0.15, -0.1) is 0 Å². The lowest BCUT2D eigenvalue weighted by Crippen LogP contribution is -2.36.